The number of carbonyl (C=O) groups excluding carboxylic acids is 1. The van der Waals surface area contributed by atoms with E-state index in [0.717, 1.165) is 49.9 Å². The van der Waals surface area contributed by atoms with Gasteiger partial charge in [0.05, 0.1) is 5.69 Å². The molecule has 4 nitrogen and oxygen atoms in total. The molecule has 1 heterocycles. The van der Waals surface area contributed by atoms with Crippen LogP contribution in [-0.2, 0) is 17.8 Å². The molecule has 2 fully saturated rings. The number of hydrogen-bond donors (Lipinski definition) is 1. The van der Waals surface area contributed by atoms with Crippen molar-refractivity contribution in [2.45, 2.75) is 58.4 Å². The minimum absolute atomic E-state index is 0.224. The maximum absolute atomic E-state index is 13.4. The number of phenols is 1. The summed E-state index contributed by atoms with van der Waals surface area (Å²) in [4.78, 5) is 13.4. The molecule has 1 aromatic carbocycles. The quantitative estimate of drug-likeness (QED) is 0.771. The summed E-state index contributed by atoms with van der Waals surface area (Å²) in [6.07, 6.45) is 8.95. The van der Waals surface area contributed by atoms with Gasteiger partial charge in [-0.05, 0) is 97.8 Å². The number of allylic oxidation sites excluding steroid dienone is 1. The third-order valence-corrected chi connectivity index (χ3v) is 7.72. The number of aromatic hydroxyl groups is 1. The Morgan fingerprint density at radius 2 is 2.18 bits per heavy atom. The van der Waals surface area contributed by atoms with E-state index in [1.807, 2.05) is 29.1 Å². The van der Waals surface area contributed by atoms with E-state index in [0.29, 0.717) is 29.3 Å². The maximum Gasteiger partial charge on any atom is 0.165 e. The molecule has 3 aliphatic rings. The first kappa shape index (κ1) is 17.7. The largest absolute Gasteiger partial charge is 0.508 e. The summed E-state index contributed by atoms with van der Waals surface area (Å²) in [5.41, 5.74) is 4.51. The zero-order valence-electron chi connectivity index (χ0n) is 16.7. The summed E-state index contributed by atoms with van der Waals surface area (Å²) in [6.45, 7) is 5.10. The fraction of sp³-hybridized carbons (Fsp3) is 0.500. The van der Waals surface area contributed by atoms with Crippen molar-refractivity contribution in [3.63, 3.8) is 0 Å². The fourth-order valence-electron chi connectivity index (χ4n) is 6.28. The molecule has 2 saturated carbocycles. The van der Waals surface area contributed by atoms with Crippen molar-refractivity contribution < 1.29 is 9.90 Å². The number of carbonyl (C=O) groups is 1. The highest BCUT2D eigenvalue weighted by molar-refractivity contribution is 6.05. The van der Waals surface area contributed by atoms with Gasteiger partial charge in [0.25, 0.3) is 0 Å². The van der Waals surface area contributed by atoms with E-state index in [4.69, 9.17) is 0 Å². The molecule has 0 unspecified atom stereocenters. The minimum Gasteiger partial charge on any atom is -0.508 e. The Kier molecular flexibility index (Phi) is 4.01. The number of aromatic nitrogens is 2. The molecule has 0 radical (unpaired) electrons. The lowest BCUT2D eigenvalue weighted by molar-refractivity contribution is -0.127. The highest BCUT2D eigenvalue weighted by Gasteiger charge is 2.56. The molecule has 0 bridgehead atoms. The van der Waals surface area contributed by atoms with Crippen LogP contribution < -0.4 is 0 Å². The molecule has 0 saturated heterocycles. The van der Waals surface area contributed by atoms with Crippen LogP contribution in [0.25, 0.3) is 6.08 Å². The van der Waals surface area contributed by atoms with Crippen LogP contribution in [0.1, 0.15) is 62.3 Å². The number of ketones is 1. The van der Waals surface area contributed by atoms with E-state index in [-0.39, 0.29) is 5.41 Å². The maximum atomic E-state index is 13.4. The van der Waals surface area contributed by atoms with Gasteiger partial charge < -0.3 is 5.11 Å². The highest BCUT2D eigenvalue weighted by atomic mass is 16.3. The molecule has 28 heavy (non-hydrogen) atoms. The van der Waals surface area contributed by atoms with Crippen LogP contribution in [0.4, 0.5) is 0 Å². The zero-order chi connectivity index (χ0) is 19.5. The van der Waals surface area contributed by atoms with Crippen molar-refractivity contribution in [2.75, 3.05) is 0 Å². The van der Waals surface area contributed by atoms with Crippen molar-refractivity contribution >= 4 is 11.9 Å². The zero-order valence-corrected chi connectivity index (χ0v) is 16.7. The predicted molar refractivity (Wildman–Crippen MR) is 109 cm³/mol. The topological polar surface area (TPSA) is 55.1 Å². The highest BCUT2D eigenvalue weighted by Crippen LogP contribution is 2.60. The number of phenolic OH excluding ortho intramolecular Hbond substituents is 1. The lowest BCUT2D eigenvalue weighted by Gasteiger charge is -2.48. The van der Waals surface area contributed by atoms with Gasteiger partial charge in [0.1, 0.15) is 5.75 Å². The molecule has 2 aromatic rings. The monoisotopic (exact) mass is 376 g/mol. The van der Waals surface area contributed by atoms with Gasteiger partial charge in [-0.25, -0.2) is 0 Å². The van der Waals surface area contributed by atoms with Crippen LogP contribution >= 0.6 is 0 Å². The first-order valence-corrected chi connectivity index (χ1v) is 10.6. The third-order valence-electron chi connectivity index (χ3n) is 7.72. The first-order chi connectivity index (χ1) is 13.5. The van der Waals surface area contributed by atoms with Gasteiger partial charge >= 0.3 is 0 Å². The smallest absolute Gasteiger partial charge is 0.165 e. The van der Waals surface area contributed by atoms with Crippen molar-refractivity contribution in [1.82, 2.24) is 9.78 Å². The van der Waals surface area contributed by atoms with Gasteiger partial charge in [0.2, 0.25) is 0 Å². The molecule has 0 aliphatic heterocycles. The third kappa shape index (κ3) is 2.50. The van der Waals surface area contributed by atoms with Crippen LogP contribution in [0, 0.1) is 17.3 Å². The number of Topliss-reactive ketones (excluding diaryl/α,β-unsaturated/α-hetero) is 1. The molecule has 1 aromatic heterocycles. The number of aryl methyl sites for hydroxylation is 2. The lowest BCUT2D eigenvalue weighted by Crippen LogP contribution is -2.42. The van der Waals surface area contributed by atoms with Gasteiger partial charge in [-0.1, -0.05) is 13.0 Å². The van der Waals surface area contributed by atoms with Crippen molar-refractivity contribution in [2.24, 2.45) is 17.3 Å². The number of nitrogens with zero attached hydrogens (tertiary/aromatic N) is 2. The number of fused-ring (bicyclic) bond motifs is 5. The van der Waals surface area contributed by atoms with E-state index < -0.39 is 0 Å². The van der Waals surface area contributed by atoms with Crippen molar-refractivity contribution in [3.05, 3.63) is 52.9 Å². The molecule has 4 heteroatoms. The van der Waals surface area contributed by atoms with E-state index in [1.54, 1.807) is 0 Å². The molecule has 5 rings (SSSR count). The van der Waals surface area contributed by atoms with E-state index in [2.05, 4.69) is 31.1 Å². The van der Waals surface area contributed by atoms with Gasteiger partial charge in [0.15, 0.2) is 5.78 Å². The van der Waals surface area contributed by atoms with E-state index in [1.165, 1.54) is 11.1 Å². The Labute approximate surface area is 166 Å². The Morgan fingerprint density at radius 1 is 1.32 bits per heavy atom. The van der Waals surface area contributed by atoms with E-state index >= 15 is 0 Å². The summed E-state index contributed by atoms with van der Waals surface area (Å²) in [5, 5.41) is 14.2. The second kappa shape index (κ2) is 6.33. The predicted octanol–water partition coefficient (Wildman–Crippen LogP) is 4.73. The standard InChI is InChI=1S/C24H28N2O2/c1-3-26-17(9-11-25-26)12-16-14-22-21-6-4-15-13-18(27)5-7-19(15)20(21)8-10-24(22,2)23(16)28/h5,7,9,11-13,20-22,27H,3-4,6,8,10,14H2,1-2H3/b16-12+/t20-,21-,22-,24-/m1/s1. The summed E-state index contributed by atoms with van der Waals surface area (Å²) < 4.78 is 1.96. The average molecular weight is 377 g/mol. The first-order valence-electron chi connectivity index (χ1n) is 10.6. The minimum atomic E-state index is -0.224. The molecule has 3 aliphatic carbocycles. The Hall–Kier alpha value is -2.36. The van der Waals surface area contributed by atoms with Crippen molar-refractivity contribution in [3.8, 4) is 5.75 Å². The summed E-state index contributed by atoms with van der Waals surface area (Å²) in [5.74, 6) is 2.23. The van der Waals surface area contributed by atoms with Crippen LogP contribution in [-0.4, -0.2) is 20.7 Å². The van der Waals surface area contributed by atoms with Crippen LogP contribution in [0.3, 0.4) is 0 Å². The molecule has 4 atom stereocenters. The molecular weight excluding hydrogens is 348 g/mol. The summed E-state index contributed by atoms with van der Waals surface area (Å²) >= 11 is 0. The van der Waals surface area contributed by atoms with Crippen LogP contribution in [0.15, 0.2) is 36.0 Å². The van der Waals surface area contributed by atoms with E-state index in [9.17, 15) is 9.90 Å². The summed E-state index contributed by atoms with van der Waals surface area (Å²) in [7, 11) is 0. The number of rotatable bonds is 2. The summed E-state index contributed by atoms with van der Waals surface area (Å²) in [6, 6.07) is 7.89. The van der Waals surface area contributed by atoms with Gasteiger partial charge in [-0.15, -0.1) is 0 Å². The Morgan fingerprint density at radius 3 is 3.00 bits per heavy atom. The van der Waals surface area contributed by atoms with Gasteiger partial charge in [-0.3, -0.25) is 9.48 Å². The molecule has 146 valence electrons. The molecule has 0 spiro atoms. The van der Waals surface area contributed by atoms with Crippen molar-refractivity contribution in [1.29, 1.82) is 0 Å². The number of hydrogen-bond acceptors (Lipinski definition) is 3. The normalized spacial score (nSPS) is 32.9. The number of benzene rings is 1. The Bertz CT molecular complexity index is 973. The average Bonchev–Trinajstić information content (AvgIpc) is 3.24. The van der Waals surface area contributed by atoms with Crippen LogP contribution in [0.5, 0.6) is 5.75 Å². The van der Waals surface area contributed by atoms with Crippen LogP contribution in [0.2, 0.25) is 0 Å². The second-order valence-corrected chi connectivity index (χ2v) is 9.03. The van der Waals surface area contributed by atoms with Gasteiger partial charge in [0, 0.05) is 18.2 Å². The Balaban J connectivity index is 1.49. The van der Waals surface area contributed by atoms with Gasteiger partial charge in [-0.2, -0.15) is 5.10 Å². The molecular formula is C24H28N2O2. The molecule has 0 amide bonds. The second-order valence-electron chi connectivity index (χ2n) is 9.03. The SMILES string of the molecule is CCn1nccc1/C=C1\C[C@@H]2[C@@H]3CCc4cc(O)ccc4[C@H]3CC[C@@]2(C)C1=O. The fourth-order valence-corrected chi connectivity index (χ4v) is 6.28. The molecule has 1 N–H and O–H groups in total. The lowest BCUT2D eigenvalue weighted by atomic mass is 9.55.